The molecule has 0 aliphatic rings. The second-order valence-corrected chi connectivity index (χ2v) is 4.74. The molecule has 1 aromatic heterocycles. The average Bonchev–Trinajstić information content (AvgIpc) is 2.10. The van der Waals surface area contributed by atoms with Gasteiger partial charge >= 0.3 is 6.16 Å². The molecule has 60 valence electrons. The summed E-state index contributed by atoms with van der Waals surface area (Å²) in [6.45, 7) is 0. The summed E-state index contributed by atoms with van der Waals surface area (Å²) in [4.78, 5) is 10.0. The Labute approximate surface area is 83.2 Å². The van der Waals surface area contributed by atoms with Gasteiger partial charge in [0.15, 0.2) is 5.06 Å². The van der Waals surface area contributed by atoms with Crippen molar-refractivity contribution in [2.45, 2.75) is 0 Å². The van der Waals surface area contributed by atoms with E-state index in [9.17, 15) is 4.79 Å². The normalized spacial score (nSPS) is 9.64. The zero-order valence-corrected chi connectivity index (χ0v) is 8.99. The molecule has 0 saturated carbocycles. The lowest BCUT2D eigenvalue weighted by Crippen LogP contribution is -2.00. The Kier molecular flexibility index (Phi) is 2.91. The van der Waals surface area contributed by atoms with E-state index in [2.05, 4.69) is 36.6 Å². The molecule has 0 aliphatic heterocycles. The summed E-state index contributed by atoms with van der Waals surface area (Å²) in [6.07, 6.45) is -1.30. The van der Waals surface area contributed by atoms with Crippen molar-refractivity contribution in [1.82, 2.24) is 0 Å². The summed E-state index contributed by atoms with van der Waals surface area (Å²) < 4.78 is 6.00. The first-order valence-electron chi connectivity index (χ1n) is 2.45. The Morgan fingerprint density at radius 1 is 1.64 bits per heavy atom. The van der Waals surface area contributed by atoms with Gasteiger partial charge in [-0.15, -0.1) is 0 Å². The van der Waals surface area contributed by atoms with Crippen molar-refractivity contribution in [1.29, 1.82) is 0 Å². The highest BCUT2D eigenvalue weighted by Crippen LogP contribution is 2.37. The number of carboxylic acid groups (broad SMARTS) is 1. The quantitative estimate of drug-likeness (QED) is 0.809. The molecule has 3 nitrogen and oxygen atoms in total. The van der Waals surface area contributed by atoms with Gasteiger partial charge in [0.2, 0.25) is 0 Å². The van der Waals surface area contributed by atoms with E-state index < -0.39 is 6.16 Å². The van der Waals surface area contributed by atoms with Crippen LogP contribution in [0.4, 0.5) is 4.79 Å². The first kappa shape index (κ1) is 9.02. The van der Waals surface area contributed by atoms with E-state index in [1.165, 1.54) is 11.3 Å². The molecule has 0 saturated heterocycles. The topological polar surface area (TPSA) is 46.5 Å². The van der Waals surface area contributed by atoms with Gasteiger partial charge < -0.3 is 9.84 Å². The summed E-state index contributed by atoms with van der Waals surface area (Å²) >= 11 is 7.61. The van der Waals surface area contributed by atoms with Crippen LogP contribution in [0.2, 0.25) is 0 Å². The van der Waals surface area contributed by atoms with Crippen molar-refractivity contribution in [2.24, 2.45) is 0 Å². The fourth-order valence-electron chi connectivity index (χ4n) is 0.463. The summed E-state index contributed by atoms with van der Waals surface area (Å²) in [7, 11) is 0. The van der Waals surface area contributed by atoms with Crippen molar-refractivity contribution < 1.29 is 14.6 Å². The molecule has 1 N–H and O–H groups in total. The maximum absolute atomic E-state index is 10.0. The fourth-order valence-corrected chi connectivity index (χ4v) is 2.28. The summed E-state index contributed by atoms with van der Waals surface area (Å²) in [5.41, 5.74) is 0. The van der Waals surface area contributed by atoms with Crippen LogP contribution in [0, 0.1) is 0 Å². The molecule has 0 amide bonds. The fraction of sp³-hybridized carbons (Fsp3) is 0. The van der Waals surface area contributed by atoms with Crippen molar-refractivity contribution in [3.63, 3.8) is 0 Å². The number of hydrogen-bond donors (Lipinski definition) is 1. The molecular weight excluding hydrogens is 300 g/mol. The minimum absolute atomic E-state index is 0.344. The second-order valence-electron chi connectivity index (χ2n) is 1.56. The maximum atomic E-state index is 10.0. The highest BCUT2D eigenvalue weighted by molar-refractivity contribution is 9.13. The number of rotatable bonds is 1. The smallest absolute Gasteiger partial charge is 0.449 e. The summed E-state index contributed by atoms with van der Waals surface area (Å²) in [5, 5.41) is 8.56. The molecule has 6 heteroatoms. The minimum atomic E-state index is -1.30. The van der Waals surface area contributed by atoms with Gasteiger partial charge in [0.05, 0.1) is 3.79 Å². The van der Waals surface area contributed by atoms with E-state index in [4.69, 9.17) is 5.11 Å². The second kappa shape index (κ2) is 3.55. The Bertz CT molecular complexity index is 264. The average molecular weight is 302 g/mol. The third kappa shape index (κ3) is 2.46. The predicted octanol–water partition coefficient (Wildman–Crippen LogP) is 3.33. The maximum Gasteiger partial charge on any atom is 0.512 e. The Hall–Kier alpha value is -0.0700. The zero-order chi connectivity index (χ0) is 8.43. The van der Waals surface area contributed by atoms with E-state index >= 15 is 0 Å². The molecule has 0 atom stereocenters. The van der Waals surface area contributed by atoms with Crippen LogP contribution in [0.5, 0.6) is 5.06 Å². The number of carbonyl (C=O) groups is 1. The van der Waals surface area contributed by atoms with Crippen LogP contribution in [0.3, 0.4) is 0 Å². The monoisotopic (exact) mass is 300 g/mol. The molecule has 1 heterocycles. The highest BCUT2D eigenvalue weighted by atomic mass is 79.9. The van der Waals surface area contributed by atoms with E-state index in [0.29, 0.717) is 5.06 Å². The van der Waals surface area contributed by atoms with Gasteiger partial charge in [0, 0.05) is 10.5 Å². The van der Waals surface area contributed by atoms with Gasteiger partial charge in [0.25, 0.3) is 0 Å². The van der Waals surface area contributed by atoms with Crippen molar-refractivity contribution in [3.8, 4) is 5.06 Å². The molecule has 0 spiro atoms. The molecule has 0 fully saturated rings. The van der Waals surface area contributed by atoms with Crippen LogP contribution in [-0.2, 0) is 0 Å². The zero-order valence-electron chi connectivity index (χ0n) is 5.01. The van der Waals surface area contributed by atoms with Crippen LogP contribution in [0.25, 0.3) is 0 Å². The van der Waals surface area contributed by atoms with E-state index in [1.54, 1.807) is 6.07 Å². The molecule has 1 rings (SSSR count). The van der Waals surface area contributed by atoms with Gasteiger partial charge in [-0.05, 0) is 31.9 Å². The molecule has 11 heavy (non-hydrogen) atoms. The predicted molar refractivity (Wildman–Crippen MR) is 48.4 cm³/mol. The number of hydrogen-bond acceptors (Lipinski definition) is 3. The first-order chi connectivity index (χ1) is 5.09. The Morgan fingerprint density at radius 2 is 2.27 bits per heavy atom. The van der Waals surface area contributed by atoms with Crippen LogP contribution in [0.15, 0.2) is 14.3 Å². The van der Waals surface area contributed by atoms with Crippen LogP contribution in [-0.4, -0.2) is 11.3 Å². The molecule has 0 aliphatic carbocycles. The van der Waals surface area contributed by atoms with Gasteiger partial charge in [-0.3, -0.25) is 0 Å². The minimum Gasteiger partial charge on any atom is -0.449 e. The van der Waals surface area contributed by atoms with E-state index in [1.807, 2.05) is 0 Å². The third-order valence-corrected chi connectivity index (χ3v) is 3.94. The lowest BCUT2D eigenvalue weighted by atomic mass is 10.6. The Balaban J connectivity index is 2.81. The first-order valence-corrected chi connectivity index (χ1v) is 4.85. The molecule has 0 aromatic carbocycles. The lowest BCUT2D eigenvalue weighted by molar-refractivity contribution is 0.146. The number of ether oxygens (including phenoxy) is 1. The molecule has 0 unspecified atom stereocenters. The van der Waals surface area contributed by atoms with Gasteiger partial charge in [0.1, 0.15) is 0 Å². The van der Waals surface area contributed by atoms with E-state index in [-0.39, 0.29) is 0 Å². The van der Waals surface area contributed by atoms with Gasteiger partial charge in [-0.25, -0.2) is 4.79 Å². The summed E-state index contributed by atoms with van der Waals surface area (Å²) in [5.74, 6) is 0. The number of halogens is 2. The third-order valence-electron chi connectivity index (χ3n) is 0.810. The molecule has 0 bridgehead atoms. The van der Waals surface area contributed by atoms with Crippen LogP contribution >= 0.6 is 43.2 Å². The standard InChI is InChI=1S/C5H2Br2O3S/c6-2-1-3(10-5(8)9)11-4(2)7/h1H,(H,8,9). The molecular formula is C5H2Br2O3S. The largest absolute Gasteiger partial charge is 0.512 e. The molecule has 0 radical (unpaired) electrons. The van der Waals surface area contributed by atoms with Crippen molar-refractivity contribution in [2.75, 3.05) is 0 Å². The SMILES string of the molecule is O=C(O)Oc1cc(Br)c(Br)s1. The van der Waals surface area contributed by atoms with Crippen LogP contribution < -0.4 is 4.74 Å². The van der Waals surface area contributed by atoms with E-state index in [0.717, 1.165) is 8.26 Å². The highest BCUT2D eigenvalue weighted by Gasteiger charge is 2.07. The summed E-state index contributed by atoms with van der Waals surface area (Å²) in [6, 6.07) is 1.59. The Morgan fingerprint density at radius 3 is 2.64 bits per heavy atom. The number of thiophene rings is 1. The van der Waals surface area contributed by atoms with Crippen molar-refractivity contribution >= 4 is 49.4 Å². The van der Waals surface area contributed by atoms with Crippen molar-refractivity contribution in [3.05, 3.63) is 14.3 Å². The van der Waals surface area contributed by atoms with Crippen LogP contribution in [0.1, 0.15) is 0 Å². The van der Waals surface area contributed by atoms with Gasteiger partial charge in [-0.2, -0.15) is 0 Å². The molecule has 1 aromatic rings. The lowest BCUT2D eigenvalue weighted by Gasteiger charge is -1.90. The van der Waals surface area contributed by atoms with Gasteiger partial charge in [-0.1, -0.05) is 11.3 Å².